The summed E-state index contributed by atoms with van der Waals surface area (Å²) >= 11 is 1.45. The molecule has 2 aromatic heterocycles. The van der Waals surface area contributed by atoms with Crippen molar-refractivity contribution in [2.45, 2.75) is 0 Å². The van der Waals surface area contributed by atoms with E-state index in [0.29, 0.717) is 5.82 Å². The molecular formula is C8H9N5S. The lowest BCUT2D eigenvalue weighted by Crippen LogP contribution is -1.92. The number of nitrogens with one attached hydrogen (secondary N) is 1. The van der Waals surface area contributed by atoms with Gasteiger partial charge in [-0.15, -0.1) is 10.2 Å². The minimum Gasteiger partial charge on any atom is -0.383 e. The Morgan fingerprint density at radius 2 is 2.29 bits per heavy atom. The van der Waals surface area contributed by atoms with E-state index in [1.807, 2.05) is 12.1 Å². The number of hydrogen-bond donors (Lipinski definition) is 2. The second-order valence-corrected chi connectivity index (χ2v) is 3.58. The number of anilines is 2. The van der Waals surface area contributed by atoms with Crippen LogP contribution in [0.15, 0.2) is 18.3 Å². The number of pyridine rings is 1. The van der Waals surface area contributed by atoms with Crippen LogP contribution in [0.5, 0.6) is 0 Å². The fourth-order valence-corrected chi connectivity index (χ4v) is 1.76. The molecule has 72 valence electrons. The van der Waals surface area contributed by atoms with Gasteiger partial charge in [-0.05, 0) is 12.1 Å². The van der Waals surface area contributed by atoms with Crippen LogP contribution in [0.25, 0.3) is 10.6 Å². The van der Waals surface area contributed by atoms with E-state index in [1.165, 1.54) is 11.3 Å². The van der Waals surface area contributed by atoms with Gasteiger partial charge in [0.25, 0.3) is 0 Å². The zero-order valence-electron chi connectivity index (χ0n) is 7.56. The molecule has 3 N–H and O–H groups in total. The van der Waals surface area contributed by atoms with Crippen LogP contribution in [0.1, 0.15) is 0 Å². The van der Waals surface area contributed by atoms with E-state index in [1.54, 1.807) is 13.2 Å². The molecule has 0 radical (unpaired) electrons. The van der Waals surface area contributed by atoms with Gasteiger partial charge in [0.15, 0.2) is 5.01 Å². The van der Waals surface area contributed by atoms with Gasteiger partial charge in [0.1, 0.15) is 5.82 Å². The summed E-state index contributed by atoms with van der Waals surface area (Å²) in [6.45, 7) is 0. The molecule has 0 bridgehead atoms. The molecule has 2 aromatic rings. The summed E-state index contributed by atoms with van der Waals surface area (Å²) in [5.74, 6) is 0.478. The van der Waals surface area contributed by atoms with Gasteiger partial charge in [-0.3, -0.25) is 0 Å². The van der Waals surface area contributed by atoms with E-state index in [0.717, 1.165) is 15.7 Å². The van der Waals surface area contributed by atoms with Gasteiger partial charge >= 0.3 is 0 Å². The average Bonchev–Trinajstić information content (AvgIpc) is 2.67. The standard InChI is InChI=1S/C8H9N5S/c1-10-8-13-12-7(14-8)5-3-2-4-11-6(5)9/h2-4H,1H3,(H2,9,11)(H,10,13). The first kappa shape index (κ1) is 8.89. The Hall–Kier alpha value is -1.69. The van der Waals surface area contributed by atoms with Gasteiger partial charge in [0.05, 0.1) is 5.56 Å². The van der Waals surface area contributed by atoms with Crippen LogP contribution in [0.3, 0.4) is 0 Å². The van der Waals surface area contributed by atoms with Crippen molar-refractivity contribution in [3.8, 4) is 10.6 Å². The van der Waals surface area contributed by atoms with Crippen LogP contribution in [0.2, 0.25) is 0 Å². The van der Waals surface area contributed by atoms with Crippen LogP contribution >= 0.6 is 11.3 Å². The van der Waals surface area contributed by atoms with Gasteiger partial charge in [0, 0.05) is 13.2 Å². The fraction of sp³-hybridized carbons (Fsp3) is 0.125. The molecule has 0 unspecified atom stereocenters. The van der Waals surface area contributed by atoms with Crippen molar-refractivity contribution in [1.29, 1.82) is 0 Å². The zero-order valence-corrected chi connectivity index (χ0v) is 8.38. The SMILES string of the molecule is CNc1nnc(-c2cccnc2N)s1. The molecule has 0 atom stereocenters. The minimum atomic E-state index is 0.478. The van der Waals surface area contributed by atoms with Gasteiger partial charge in [-0.25, -0.2) is 4.98 Å². The van der Waals surface area contributed by atoms with Crippen molar-refractivity contribution in [1.82, 2.24) is 15.2 Å². The molecule has 0 amide bonds. The molecule has 2 rings (SSSR count). The monoisotopic (exact) mass is 207 g/mol. The van der Waals surface area contributed by atoms with Crippen LogP contribution in [0, 0.1) is 0 Å². The van der Waals surface area contributed by atoms with Crippen LogP contribution in [-0.2, 0) is 0 Å². The van der Waals surface area contributed by atoms with Gasteiger partial charge < -0.3 is 11.1 Å². The Kier molecular flexibility index (Phi) is 2.28. The predicted octanol–water partition coefficient (Wildman–Crippen LogP) is 1.22. The largest absolute Gasteiger partial charge is 0.383 e. The fourth-order valence-electron chi connectivity index (χ4n) is 1.03. The number of hydrogen-bond acceptors (Lipinski definition) is 6. The maximum absolute atomic E-state index is 5.71. The molecule has 2 heterocycles. The summed E-state index contributed by atoms with van der Waals surface area (Å²) in [6.07, 6.45) is 1.65. The van der Waals surface area contributed by atoms with Crippen molar-refractivity contribution in [3.63, 3.8) is 0 Å². The van der Waals surface area contributed by atoms with Crippen LogP contribution in [0.4, 0.5) is 10.9 Å². The minimum absolute atomic E-state index is 0.478. The highest BCUT2D eigenvalue weighted by Crippen LogP contribution is 2.28. The molecule has 14 heavy (non-hydrogen) atoms. The number of nitrogen functional groups attached to an aromatic ring is 1. The lowest BCUT2D eigenvalue weighted by atomic mass is 10.3. The number of aromatic nitrogens is 3. The van der Waals surface area contributed by atoms with Crippen molar-refractivity contribution < 1.29 is 0 Å². The van der Waals surface area contributed by atoms with E-state index < -0.39 is 0 Å². The number of nitrogens with zero attached hydrogens (tertiary/aromatic N) is 3. The highest BCUT2D eigenvalue weighted by atomic mass is 32.1. The van der Waals surface area contributed by atoms with Crippen molar-refractivity contribution in [3.05, 3.63) is 18.3 Å². The van der Waals surface area contributed by atoms with E-state index in [2.05, 4.69) is 20.5 Å². The smallest absolute Gasteiger partial charge is 0.205 e. The molecule has 0 aliphatic carbocycles. The maximum atomic E-state index is 5.71. The first-order valence-corrected chi connectivity index (χ1v) is 4.85. The topological polar surface area (TPSA) is 76.7 Å². The van der Waals surface area contributed by atoms with Crippen LogP contribution < -0.4 is 11.1 Å². The Morgan fingerprint density at radius 1 is 1.43 bits per heavy atom. The zero-order chi connectivity index (χ0) is 9.97. The van der Waals surface area contributed by atoms with Crippen LogP contribution in [-0.4, -0.2) is 22.2 Å². The Labute approximate surface area is 85.0 Å². The lowest BCUT2D eigenvalue weighted by molar-refractivity contribution is 1.09. The Bertz CT molecular complexity index is 439. The van der Waals surface area contributed by atoms with Crippen molar-refractivity contribution in [2.24, 2.45) is 0 Å². The molecule has 6 heteroatoms. The molecule has 0 aromatic carbocycles. The lowest BCUT2D eigenvalue weighted by Gasteiger charge is -1.97. The van der Waals surface area contributed by atoms with Crippen molar-refractivity contribution in [2.75, 3.05) is 18.1 Å². The average molecular weight is 207 g/mol. The van der Waals surface area contributed by atoms with Gasteiger partial charge in [-0.2, -0.15) is 0 Å². The highest BCUT2D eigenvalue weighted by Gasteiger charge is 2.08. The third-order valence-corrected chi connectivity index (χ3v) is 2.68. The third-order valence-electron chi connectivity index (χ3n) is 1.71. The number of nitrogens with two attached hydrogens (primary N) is 1. The summed E-state index contributed by atoms with van der Waals surface area (Å²) in [5, 5.41) is 12.4. The van der Waals surface area contributed by atoms with Gasteiger partial charge in [-0.1, -0.05) is 11.3 Å². The van der Waals surface area contributed by atoms with E-state index in [4.69, 9.17) is 5.73 Å². The normalized spacial score (nSPS) is 10.1. The molecule has 5 nitrogen and oxygen atoms in total. The van der Waals surface area contributed by atoms with Crippen molar-refractivity contribution >= 4 is 22.3 Å². The summed E-state index contributed by atoms with van der Waals surface area (Å²) in [5.41, 5.74) is 6.54. The molecule has 0 aliphatic heterocycles. The third kappa shape index (κ3) is 1.51. The summed E-state index contributed by atoms with van der Waals surface area (Å²) in [7, 11) is 1.80. The van der Waals surface area contributed by atoms with E-state index >= 15 is 0 Å². The molecule has 0 aliphatic rings. The molecular weight excluding hydrogens is 198 g/mol. The second-order valence-electron chi connectivity index (χ2n) is 2.60. The Balaban J connectivity index is 2.44. The predicted molar refractivity (Wildman–Crippen MR) is 57.1 cm³/mol. The summed E-state index contributed by atoms with van der Waals surface area (Å²) in [4.78, 5) is 3.99. The van der Waals surface area contributed by atoms with Gasteiger partial charge in [0.2, 0.25) is 5.13 Å². The molecule has 0 saturated heterocycles. The first-order chi connectivity index (χ1) is 6.81. The maximum Gasteiger partial charge on any atom is 0.205 e. The van der Waals surface area contributed by atoms with E-state index in [9.17, 15) is 0 Å². The first-order valence-electron chi connectivity index (χ1n) is 4.03. The summed E-state index contributed by atoms with van der Waals surface area (Å²) < 4.78 is 0. The molecule has 0 spiro atoms. The summed E-state index contributed by atoms with van der Waals surface area (Å²) in [6, 6.07) is 3.70. The quantitative estimate of drug-likeness (QED) is 0.774. The molecule has 0 saturated carbocycles. The Morgan fingerprint density at radius 3 is 2.93 bits per heavy atom. The van der Waals surface area contributed by atoms with E-state index in [-0.39, 0.29) is 0 Å². The second kappa shape index (κ2) is 3.59. The molecule has 0 fully saturated rings. The number of rotatable bonds is 2. The highest BCUT2D eigenvalue weighted by molar-refractivity contribution is 7.18.